The molecular weight excluding hydrogens is 483 g/mol. The Kier molecular flexibility index (Phi) is 5.49. The molecule has 4 heterocycles. The van der Waals surface area contributed by atoms with Crippen LogP contribution in [0.1, 0.15) is 41.7 Å². The highest BCUT2D eigenvalue weighted by Gasteiger charge is 2.54. The van der Waals surface area contributed by atoms with Crippen molar-refractivity contribution in [2.75, 3.05) is 38.6 Å². The van der Waals surface area contributed by atoms with Crippen LogP contribution in [0.25, 0.3) is 5.69 Å². The summed E-state index contributed by atoms with van der Waals surface area (Å²) in [5.74, 6) is 2.36. The van der Waals surface area contributed by atoms with Crippen LogP contribution in [0.5, 0.6) is 0 Å². The van der Waals surface area contributed by atoms with Crippen molar-refractivity contribution in [2.45, 2.75) is 38.8 Å². The van der Waals surface area contributed by atoms with E-state index < -0.39 is 0 Å². The van der Waals surface area contributed by atoms with Gasteiger partial charge in [-0.25, -0.2) is 14.4 Å². The molecule has 1 spiro atoms. The molecule has 0 bridgehead atoms. The van der Waals surface area contributed by atoms with Gasteiger partial charge < -0.3 is 9.80 Å². The summed E-state index contributed by atoms with van der Waals surface area (Å²) in [5, 5.41) is 9.86. The van der Waals surface area contributed by atoms with Crippen molar-refractivity contribution >= 4 is 23.5 Å². The summed E-state index contributed by atoms with van der Waals surface area (Å²) in [5.41, 5.74) is 2.67. The van der Waals surface area contributed by atoms with E-state index in [-0.39, 0.29) is 17.1 Å². The number of carbonyl (C=O) groups is 1. The highest BCUT2D eigenvalue weighted by molar-refractivity contribution is 6.30. The van der Waals surface area contributed by atoms with Crippen molar-refractivity contribution < 1.29 is 9.18 Å². The van der Waals surface area contributed by atoms with Crippen molar-refractivity contribution in [3.05, 3.63) is 58.1 Å². The number of halogens is 2. The van der Waals surface area contributed by atoms with E-state index in [1.54, 1.807) is 25.9 Å². The maximum atomic E-state index is 13.6. The van der Waals surface area contributed by atoms with E-state index in [0.29, 0.717) is 42.2 Å². The predicted molar refractivity (Wildman–Crippen MR) is 133 cm³/mol. The van der Waals surface area contributed by atoms with E-state index in [1.165, 1.54) is 6.20 Å². The summed E-state index contributed by atoms with van der Waals surface area (Å²) in [4.78, 5) is 26.7. The number of amides is 1. The number of benzene rings is 1. The second-order valence-electron chi connectivity index (χ2n) is 10.6. The average molecular weight is 511 g/mol. The molecule has 1 aliphatic carbocycles. The minimum atomic E-state index is -0.378. The highest BCUT2D eigenvalue weighted by atomic mass is 35.5. The number of aryl methyl sites for hydroxylation is 1. The fraction of sp³-hybridized carbons (Fsp3) is 0.480. The third-order valence-corrected chi connectivity index (χ3v) is 7.86. The molecule has 36 heavy (non-hydrogen) atoms. The summed E-state index contributed by atoms with van der Waals surface area (Å²) in [6, 6.07) is 5.89. The summed E-state index contributed by atoms with van der Waals surface area (Å²) in [6.45, 7) is 4.83. The van der Waals surface area contributed by atoms with Crippen LogP contribution in [0.4, 0.5) is 10.3 Å². The third-order valence-electron chi connectivity index (χ3n) is 7.62. The minimum absolute atomic E-state index is 0.0440. The van der Waals surface area contributed by atoms with Crippen molar-refractivity contribution in [2.24, 2.45) is 5.41 Å². The quantitative estimate of drug-likeness (QED) is 0.533. The minimum Gasteiger partial charge on any atom is -0.348 e. The summed E-state index contributed by atoms with van der Waals surface area (Å²) in [6.07, 6.45) is 3.26. The van der Waals surface area contributed by atoms with Gasteiger partial charge in [-0.3, -0.25) is 14.3 Å². The van der Waals surface area contributed by atoms with Gasteiger partial charge >= 0.3 is 0 Å². The van der Waals surface area contributed by atoms with Crippen LogP contribution in [-0.2, 0) is 17.9 Å². The monoisotopic (exact) mass is 510 g/mol. The molecule has 2 aliphatic heterocycles. The Labute approximate surface area is 213 Å². The molecule has 11 heteroatoms. The normalized spacial score (nSPS) is 18.8. The molecule has 3 aliphatic rings. The standard InChI is InChI=1S/C25H28ClFN8O/c1-15-19(27)9-28-24(29-15)34-13-25(14-34)7-17(8-25)23-31-30-21-11-33(12-22(36)32(2)3)10-16-6-18(26)4-5-20(16)35(21)23/h4-6,9,17H,7-8,10-14H2,1-3H3. The first-order chi connectivity index (χ1) is 17.2. The molecular formula is C25H28ClFN8O. The van der Waals surface area contributed by atoms with Crippen molar-refractivity contribution in [3.63, 3.8) is 0 Å². The Morgan fingerprint density at radius 1 is 1.22 bits per heavy atom. The molecule has 1 aromatic carbocycles. The maximum Gasteiger partial charge on any atom is 0.236 e. The van der Waals surface area contributed by atoms with Crippen molar-refractivity contribution in [3.8, 4) is 5.69 Å². The van der Waals surface area contributed by atoms with Gasteiger partial charge in [-0.15, -0.1) is 10.2 Å². The second-order valence-corrected chi connectivity index (χ2v) is 11.0. The Morgan fingerprint density at radius 2 is 2.00 bits per heavy atom. The zero-order valence-corrected chi connectivity index (χ0v) is 21.3. The van der Waals surface area contributed by atoms with E-state index >= 15 is 0 Å². The molecule has 1 saturated carbocycles. The lowest BCUT2D eigenvalue weighted by Gasteiger charge is -2.58. The number of fused-ring (bicyclic) bond motifs is 3. The lowest BCUT2D eigenvalue weighted by molar-refractivity contribution is -0.130. The smallest absolute Gasteiger partial charge is 0.236 e. The SMILES string of the molecule is Cc1nc(N2CC3(CC(c4nnc5n4-c4ccc(Cl)cc4CN(CC(=O)N(C)C)C5)C3)C2)ncc1F. The largest absolute Gasteiger partial charge is 0.348 e. The van der Waals surface area contributed by atoms with Crippen molar-refractivity contribution in [1.82, 2.24) is 34.5 Å². The van der Waals surface area contributed by atoms with E-state index in [0.717, 1.165) is 48.8 Å². The van der Waals surface area contributed by atoms with Crippen LogP contribution >= 0.6 is 11.6 Å². The summed E-state index contributed by atoms with van der Waals surface area (Å²) in [7, 11) is 3.53. The molecule has 6 rings (SSSR count). The number of hydrogen-bond acceptors (Lipinski definition) is 7. The Balaban J connectivity index is 1.22. The van der Waals surface area contributed by atoms with Crippen LogP contribution in [0.2, 0.25) is 5.02 Å². The molecule has 0 unspecified atom stereocenters. The van der Waals surface area contributed by atoms with E-state index in [4.69, 9.17) is 11.6 Å². The fourth-order valence-corrected chi connectivity index (χ4v) is 5.92. The molecule has 1 amide bonds. The van der Waals surface area contributed by atoms with E-state index in [2.05, 4.69) is 34.5 Å². The van der Waals surface area contributed by atoms with Gasteiger partial charge in [-0.2, -0.15) is 0 Å². The Hall–Kier alpha value is -3.11. The molecule has 188 valence electrons. The third kappa shape index (κ3) is 3.92. The van der Waals surface area contributed by atoms with Gasteiger partial charge in [0.05, 0.1) is 30.7 Å². The van der Waals surface area contributed by atoms with E-state index in [9.17, 15) is 9.18 Å². The molecule has 9 nitrogen and oxygen atoms in total. The predicted octanol–water partition coefficient (Wildman–Crippen LogP) is 2.95. The van der Waals surface area contributed by atoms with Gasteiger partial charge in [0.15, 0.2) is 11.6 Å². The first-order valence-corrected chi connectivity index (χ1v) is 12.5. The summed E-state index contributed by atoms with van der Waals surface area (Å²) >= 11 is 6.35. The Morgan fingerprint density at radius 3 is 2.72 bits per heavy atom. The molecule has 0 N–H and O–H groups in total. The maximum absolute atomic E-state index is 13.6. The summed E-state index contributed by atoms with van der Waals surface area (Å²) < 4.78 is 15.7. The number of likely N-dealkylation sites (N-methyl/N-ethyl adjacent to an activating group) is 1. The van der Waals surface area contributed by atoms with Crippen molar-refractivity contribution in [1.29, 1.82) is 0 Å². The topological polar surface area (TPSA) is 83.3 Å². The molecule has 3 aromatic rings. The lowest BCUT2D eigenvalue weighted by Crippen LogP contribution is -2.62. The number of hydrogen-bond donors (Lipinski definition) is 0. The van der Waals surface area contributed by atoms with Gasteiger partial charge in [0, 0.05) is 50.1 Å². The molecule has 0 atom stereocenters. The zero-order valence-electron chi connectivity index (χ0n) is 20.6. The van der Waals surface area contributed by atoms with Gasteiger partial charge in [0.25, 0.3) is 0 Å². The number of aromatic nitrogens is 5. The van der Waals surface area contributed by atoms with Crippen LogP contribution in [0.15, 0.2) is 24.4 Å². The molecule has 2 aromatic heterocycles. The number of anilines is 1. The van der Waals surface area contributed by atoms with Crippen LogP contribution in [0.3, 0.4) is 0 Å². The average Bonchev–Trinajstić information content (AvgIpc) is 3.10. The second kappa shape index (κ2) is 8.48. The molecule has 1 saturated heterocycles. The Bertz CT molecular complexity index is 1340. The van der Waals surface area contributed by atoms with Gasteiger partial charge in [0.2, 0.25) is 11.9 Å². The highest BCUT2D eigenvalue weighted by Crippen LogP contribution is 2.56. The molecule has 0 radical (unpaired) electrons. The van der Waals surface area contributed by atoms with Gasteiger partial charge in [-0.05, 0) is 43.5 Å². The van der Waals surface area contributed by atoms with Crippen LogP contribution in [-0.4, -0.2) is 74.2 Å². The van der Waals surface area contributed by atoms with Crippen LogP contribution in [0, 0.1) is 18.2 Å². The van der Waals surface area contributed by atoms with Gasteiger partial charge in [0.1, 0.15) is 5.82 Å². The first-order valence-electron chi connectivity index (χ1n) is 12.1. The van der Waals surface area contributed by atoms with E-state index in [1.807, 2.05) is 18.2 Å². The number of rotatable bonds is 4. The fourth-order valence-electron chi connectivity index (χ4n) is 5.72. The first kappa shape index (κ1) is 23.3. The number of nitrogens with zero attached hydrogens (tertiary/aromatic N) is 8. The number of carbonyl (C=O) groups excluding carboxylic acids is 1. The van der Waals surface area contributed by atoms with Gasteiger partial charge in [-0.1, -0.05) is 11.6 Å². The van der Waals surface area contributed by atoms with Crippen LogP contribution < -0.4 is 4.90 Å². The lowest BCUT2D eigenvalue weighted by atomic mass is 9.57. The zero-order chi connectivity index (χ0) is 25.2. The molecule has 2 fully saturated rings.